The van der Waals surface area contributed by atoms with E-state index in [-0.39, 0.29) is 12.6 Å². The Kier molecular flexibility index (Phi) is 9.42. The smallest absolute Gasteiger partial charge is 0.319 e. The molecule has 2 aromatic rings. The number of nitrogens with one attached hydrogen (secondary N) is 2. The number of β-amino-alcohol motifs (C(OH)–C–C–N with tert-alkyl or cyclic N) is 1. The summed E-state index contributed by atoms with van der Waals surface area (Å²) in [6, 6.07) is 14.3. The van der Waals surface area contributed by atoms with Crippen molar-refractivity contribution in [2.45, 2.75) is 12.8 Å². The summed E-state index contributed by atoms with van der Waals surface area (Å²) in [5, 5.41) is 15.3. The Morgan fingerprint density at radius 2 is 1.71 bits per heavy atom. The maximum Gasteiger partial charge on any atom is 0.319 e. The van der Waals surface area contributed by atoms with Gasteiger partial charge in [-0.3, -0.25) is 4.90 Å². The second kappa shape index (κ2) is 12.5. The van der Waals surface area contributed by atoms with E-state index in [0.29, 0.717) is 28.8 Å². The highest BCUT2D eigenvalue weighted by Gasteiger charge is 2.15. The Labute approximate surface area is 188 Å². The number of nitrogens with zero attached hydrogens (tertiary/aromatic N) is 2. The van der Waals surface area contributed by atoms with Crippen LogP contribution in [-0.2, 0) is 0 Å². The number of hydrogen-bond acceptors (Lipinski definition) is 5. The molecule has 168 valence electrons. The summed E-state index contributed by atoms with van der Waals surface area (Å²) in [4.78, 5) is 17.1. The van der Waals surface area contributed by atoms with Crippen molar-refractivity contribution in [1.82, 2.24) is 15.1 Å². The number of halogens is 1. The number of aliphatic hydroxyl groups is 1. The summed E-state index contributed by atoms with van der Waals surface area (Å²) >= 11 is 6.10. The van der Waals surface area contributed by atoms with Crippen LogP contribution in [0.3, 0.4) is 0 Å². The van der Waals surface area contributed by atoms with Gasteiger partial charge in [-0.15, -0.1) is 0 Å². The van der Waals surface area contributed by atoms with Crippen molar-refractivity contribution in [3.05, 3.63) is 53.6 Å². The molecule has 2 aromatic carbocycles. The summed E-state index contributed by atoms with van der Waals surface area (Å²) in [5.41, 5.74) is 0.523. The van der Waals surface area contributed by atoms with Gasteiger partial charge in [0.25, 0.3) is 0 Å². The first-order valence-electron chi connectivity index (χ1n) is 10.8. The molecule has 0 spiro atoms. The van der Waals surface area contributed by atoms with Crippen LogP contribution >= 0.6 is 11.6 Å². The Bertz CT molecular complexity index is 814. The molecule has 1 saturated heterocycles. The third-order valence-electron chi connectivity index (χ3n) is 5.23. The maximum atomic E-state index is 12.3. The van der Waals surface area contributed by atoms with Gasteiger partial charge in [0.1, 0.15) is 5.75 Å². The lowest BCUT2D eigenvalue weighted by molar-refractivity contribution is 0.111. The Hall–Kier alpha value is -2.32. The van der Waals surface area contributed by atoms with Crippen molar-refractivity contribution in [3.63, 3.8) is 0 Å². The standard InChI is InChI=1S/C23H31ClN4O3/c24-19-8-9-22(31-20-6-2-1-3-7-20)21(18-19)26-23(30)25-10-4-5-11-27-12-14-28(15-13-27)16-17-29/h1-3,6-9,18,29H,4-5,10-17H2,(H2,25,26,30). The fraction of sp³-hybridized carbons (Fsp3) is 0.435. The van der Waals surface area contributed by atoms with Gasteiger partial charge in [0.15, 0.2) is 5.75 Å². The van der Waals surface area contributed by atoms with Gasteiger partial charge in [-0.2, -0.15) is 0 Å². The molecule has 1 aliphatic heterocycles. The molecule has 3 N–H and O–H groups in total. The minimum absolute atomic E-state index is 0.225. The zero-order chi connectivity index (χ0) is 21.9. The van der Waals surface area contributed by atoms with Crippen LogP contribution in [-0.4, -0.2) is 73.4 Å². The number of benzene rings is 2. The zero-order valence-electron chi connectivity index (χ0n) is 17.7. The van der Waals surface area contributed by atoms with Crippen LogP contribution in [0.4, 0.5) is 10.5 Å². The van der Waals surface area contributed by atoms with E-state index in [1.807, 2.05) is 30.3 Å². The summed E-state index contributed by atoms with van der Waals surface area (Å²) in [7, 11) is 0. The van der Waals surface area contributed by atoms with E-state index in [2.05, 4.69) is 20.4 Å². The fourth-order valence-corrected chi connectivity index (χ4v) is 3.68. The number of ether oxygens (including phenoxy) is 1. The van der Waals surface area contributed by atoms with Crippen molar-refractivity contribution in [2.24, 2.45) is 0 Å². The fourth-order valence-electron chi connectivity index (χ4n) is 3.51. The molecule has 7 nitrogen and oxygen atoms in total. The molecule has 0 radical (unpaired) electrons. The molecule has 1 aliphatic rings. The molecule has 0 aliphatic carbocycles. The first-order valence-corrected chi connectivity index (χ1v) is 11.1. The van der Waals surface area contributed by atoms with Crippen LogP contribution in [0.25, 0.3) is 0 Å². The molecule has 2 amide bonds. The number of para-hydroxylation sites is 1. The number of urea groups is 1. The maximum absolute atomic E-state index is 12.3. The molecule has 0 bridgehead atoms. The number of rotatable bonds is 10. The second-order valence-electron chi connectivity index (χ2n) is 7.55. The summed E-state index contributed by atoms with van der Waals surface area (Å²) in [5.74, 6) is 1.22. The normalized spacial score (nSPS) is 14.9. The first kappa shape index (κ1) is 23.3. The second-order valence-corrected chi connectivity index (χ2v) is 7.99. The van der Waals surface area contributed by atoms with Gasteiger partial charge in [0.2, 0.25) is 0 Å². The van der Waals surface area contributed by atoms with Gasteiger partial charge in [0.05, 0.1) is 12.3 Å². The van der Waals surface area contributed by atoms with Gasteiger partial charge in [-0.25, -0.2) is 4.79 Å². The number of carbonyl (C=O) groups is 1. The lowest BCUT2D eigenvalue weighted by Crippen LogP contribution is -2.47. The van der Waals surface area contributed by atoms with Crippen molar-refractivity contribution in [1.29, 1.82) is 0 Å². The third-order valence-corrected chi connectivity index (χ3v) is 5.46. The lowest BCUT2D eigenvalue weighted by atomic mass is 10.2. The van der Waals surface area contributed by atoms with Gasteiger partial charge in [-0.1, -0.05) is 29.8 Å². The van der Waals surface area contributed by atoms with Crippen LogP contribution in [0.5, 0.6) is 11.5 Å². The molecular weight excluding hydrogens is 416 g/mol. The highest BCUT2D eigenvalue weighted by Crippen LogP contribution is 2.31. The van der Waals surface area contributed by atoms with Crippen molar-refractivity contribution >= 4 is 23.3 Å². The number of unbranched alkanes of at least 4 members (excludes halogenated alkanes) is 1. The molecule has 0 unspecified atom stereocenters. The monoisotopic (exact) mass is 446 g/mol. The highest BCUT2D eigenvalue weighted by atomic mass is 35.5. The van der Waals surface area contributed by atoms with E-state index in [0.717, 1.165) is 52.1 Å². The van der Waals surface area contributed by atoms with Crippen LogP contribution in [0.1, 0.15) is 12.8 Å². The van der Waals surface area contributed by atoms with Crippen molar-refractivity contribution in [2.75, 3.05) is 57.7 Å². The van der Waals surface area contributed by atoms with Gasteiger partial charge in [0, 0.05) is 44.3 Å². The average Bonchev–Trinajstić information content (AvgIpc) is 2.77. The van der Waals surface area contributed by atoms with E-state index in [1.165, 1.54) is 0 Å². The number of carbonyl (C=O) groups excluding carboxylic acids is 1. The molecule has 0 saturated carbocycles. The molecule has 0 aromatic heterocycles. The Morgan fingerprint density at radius 3 is 2.42 bits per heavy atom. The third kappa shape index (κ3) is 8.03. The van der Waals surface area contributed by atoms with Gasteiger partial charge < -0.3 is 25.4 Å². The largest absolute Gasteiger partial charge is 0.455 e. The topological polar surface area (TPSA) is 77.1 Å². The van der Waals surface area contributed by atoms with E-state index in [1.54, 1.807) is 18.2 Å². The molecule has 8 heteroatoms. The minimum Gasteiger partial charge on any atom is -0.455 e. The molecular formula is C23H31ClN4O3. The average molecular weight is 447 g/mol. The van der Waals surface area contributed by atoms with E-state index in [4.69, 9.17) is 21.4 Å². The number of piperazine rings is 1. The first-order chi connectivity index (χ1) is 15.1. The van der Waals surface area contributed by atoms with Gasteiger partial charge >= 0.3 is 6.03 Å². The number of hydrogen-bond donors (Lipinski definition) is 3. The van der Waals surface area contributed by atoms with Crippen LogP contribution in [0.15, 0.2) is 48.5 Å². The quantitative estimate of drug-likeness (QED) is 0.486. The molecule has 3 rings (SSSR count). The van der Waals surface area contributed by atoms with Gasteiger partial charge in [-0.05, 0) is 49.7 Å². The Morgan fingerprint density at radius 1 is 1.00 bits per heavy atom. The molecule has 1 fully saturated rings. The molecule has 0 atom stereocenters. The van der Waals surface area contributed by atoms with Crippen molar-refractivity contribution < 1.29 is 14.6 Å². The predicted molar refractivity (Wildman–Crippen MR) is 124 cm³/mol. The lowest BCUT2D eigenvalue weighted by Gasteiger charge is -2.34. The van der Waals surface area contributed by atoms with Crippen LogP contribution in [0, 0.1) is 0 Å². The van der Waals surface area contributed by atoms with Crippen LogP contribution in [0.2, 0.25) is 5.02 Å². The van der Waals surface area contributed by atoms with E-state index >= 15 is 0 Å². The summed E-state index contributed by atoms with van der Waals surface area (Å²) in [6.07, 6.45) is 1.94. The zero-order valence-corrected chi connectivity index (χ0v) is 18.5. The number of anilines is 1. The Balaban J connectivity index is 1.37. The number of aliphatic hydroxyl groups excluding tert-OH is 1. The minimum atomic E-state index is -0.280. The molecule has 31 heavy (non-hydrogen) atoms. The van der Waals surface area contributed by atoms with Crippen LogP contribution < -0.4 is 15.4 Å². The predicted octanol–water partition coefficient (Wildman–Crippen LogP) is 3.64. The summed E-state index contributed by atoms with van der Waals surface area (Å²) < 4.78 is 5.87. The molecule has 1 heterocycles. The van der Waals surface area contributed by atoms with Crippen molar-refractivity contribution in [3.8, 4) is 11.5 Å². The van der Waals surface area contributed by atoms with E-state index < -0.39 is 0 Å². The number of amides is 2. The summed E-state index contributed by atoms with van der Waals surface area (Å²) in [6.45, 7) is 6.70. The SMILES string of the molecule is O=C(NCCCCN1CCN(CCO)CC1)Nc1cc(Cl)ccc1Oc1ccccc1. The van der Waals surface area contributed by atoms with E-state index in [9.17, 15) is 4.79 Å². The highest BCUT2D eigenvalue weighted by molar-refractivity contribution is 6.31.